The Morgan fingerprint density at radius 3 is 2.67 bits per heavy atom. The second kappa shape index (κ2) is 7.99. The minimum absolute atomic E-state index is 0.628. The molecule has 1 aliphatic heterocycles. The molecule has 30 heavy (non-hydrogen) atoms. The van der Waals surface area contributed by atoms with Crippen LogP contribution in [0.1, 0.15) is 33.1 Å². The van der Waals surface area contributed by atoms with Crippen molar-refractivity contribution in [2.24, 2.45) is 0 Å². The van der Waals surface area contributed by atoms with E-state index < -0.39 is 0 Å². The van der Waals surface area contributed by atoms with E-state index in [1.54, 1.807) is 12.4 Å². The molecule has 4 aromatic rings. The summed E-state index contributed by atoms with van der Waals surface area (Å²) in [6.45, 7) is 6.47. The van der Waals surface area contributed by atoms with Gasteiger partial charge in [-0.3, -0.25) is 9.88 Å². The van der Waals surface area contributed by atoms with E-state index in [2.05, 4.69) is 29.0 Å². The number of hydrogen-bond donors (Lipinski definition) is 1. The van der Waals surface area contributed by atoms with E-state index in [1.807, 2.05) is 40.9 Å². The Morgan fingerprint density at radius 1 is 1.03 bits per heavy atom. The van der Waals surface area contributed by atoms with Crippen LogP contribution in [-0.2, 0) is 0 Å². The zero-order chi connectivity index (χ0) is 20.5. The van der Waals surface area contributed by atoms with Crippen molar-refractivity contribution in [1.29, 1.82) is 0 Å². The highest BCUT2D eigenvalue weighted by atomic mass is 15.4. The molecule has 5 rings (SSSR count). The molecule has 2 atom stereocenters. The first-order valence-electron chi connectivity index (χ1n) is 10.8. The topological polar surface area (TPSA) is 71.2 Å². The van der Waals surface area contributed by atoms with Gasteiger partial charge < -0.3 is 5.32 Å². The molecule has 4 heterocycles. The first-order valence-corrected chi connectivity index (χ1v) is 10.8. The smallest absolute Gasteiger partial charge is 0.226 e. The minimum Gasteiger partial charge on any atom is -0.353 e. The number of benzene rings is 1. The van der Waals surface area contributed by atoms with Crippen molar-refractivity contribution < 1.29 is 0 Å². The molecule has 3 aromatic heterocycles. The van der Waals surface area contributed by atoms with E-state index in [4.69, 9.17) is 15.1 Å². The van der Waals surface area contributed by atoms with Gasteiger partial charge in [-0.2, -0.15) is 4.52 Å². The maximum absolute atomic E-state index is 4.85. The Balaban J connectivity index is 1.48. The molecule has 0 bridgehead atoms. The van der Waals surface area contributed by atoms with Crippen molar-refractivity contribution in [3.63, 3.8) is 0 Å². The Bertz CT molecular complexity index is 1140. The normalized spacial score (nSPS) is 20.1. The summed E-state index contributed by atoms with van der Waals surface area (Å²) in [7, 11) is 0. The third-order valence-corrected chi connectivity index (χ3v) is 6.13. The zero-order valence-electron chi connectivity index (χ0n) is 17.5. The molecule has 0 aliphatic carbocycles. The number of rotatable bonds is 5. The number of hydrogen-bond acceptors (Lipinski definition) is 6. The van der Waals surface area contributed by atoms with Gasteiger partial charge in [-0.1, -0.05) is 18.6 Å². The van der Waals surface area contributed by atoms with Crippen molar-refractivity contribution >= 4 is 22.5 Å². The van der Waals surface area contributed by atoms with Crippen molar-refractivity contribution in [1.82, 2.24) is 29.5 Å². The monoisotopic (exact) mass is 401 g/mol. The lowest BCUT2D eigenvalue weighted by Gasteiger charge is -2.39. The van der Waals surface area contributed by atoms with Gasteiger partial charge in [0.1, 0.15) is 0 Å². The molecular weight excluding hydrogens is 374 g/mol. The van der Waals surface area contributed by atoms with E-state index >= 15 is 0 Å². The van der Waals surface area contributed by atoms with Crippen molar-refractivity contribution in [3.05, 3.63) is 48.8 Å². The number of para-hydroxylation sites is 1. The number of likely N-dealkylation sites (tertiary alicyclic amines) is 1. The van der Waals surface area contributed by atoms with Crippen LogP contribution in [0.15, 0.2) is 48.8 Å². The lowest BCUT2D eigenvalue weighted by atomic mass is 9.98. The number of piperidine rings is 1. The quantitative estimate of drug-likeness (QED) is 0.545. The van der Waals surface area contributed by atoms with Crippen LogP contribution in [0.3, 0.4) is 0 Å². The predicted molar refractivity (Wildman–Crippen MR) is 119 cm³/mol. The highest BCUT2D eigenvalue weighted by Crippen LogP contribution is 2.24. The number of aromatic nitrogens is 5. The molecule has 0 saturated carbocycles. The number of anilines is 1. The summed E-state index contributed by atoms with van der Waals surface area (Å²) in [6.07, 6.45) is 7.43. The summed E-state index contributed by atoms with van der Waals surface area (Å²) in [5.41, 5.74) is 2.62. The van der Waals surface area contributed by atoms with Gasteiger partial charge in [0.2, 0.25) is 5.95 Å². The third-order valence-electron chi connectivity index (χ3n) is 6.13. The van der Waals surface area contributed by atoms with Crippen LogP contribution < -0.4 is 5.32 Å². The standard InChI is InChI=1S/C23H27N7/c1-16-7-5-8-17(2)29(16)14-13-25-23-26-20-11-4-3-10-19(20)22-27-21(28-30(22)23)18-9-6-12-24-15-18/h3-4,6,9-12,15-17H,5,7-8,13-14H2,1-2H3,(H,25,26). The fourth-order valence-corrected chi connectivity index (χ4v) is 4.50. The molecule has 0 amide bonds. The number of pyridine rings is 1. The molecule has 1 aliphatic rings. The number of fused-ring (bicyclic) bond motifs is 3. The molecule has 1 saturated heterocycles. The summed E-state index contributed by atoms with van der Waals surface area (Å²) in [5, 5.41) is 9.27. The average molecular weight is 402 g/mol. The molecule has 7 heteroatoms. The van der Waals surface area contributed by atoms with E-state index in [9.17, 15) is 0 Å². The first kappa shape index (κ1) is 18.9. The Morgan fingerprint density at radius 2 is 1.87 bits per heavy atom. The van der Waals surface area contributed by atoms with Gasteiger partial charge in [-0.15, -0.1) is 5.10 Å². The molecule has 1 fully saturated rings. The molecule has 154 valence electrons. The SMILES string of the molecule is CC1CCCC(C)N1CCNc1nc2ccccc2c2nc(-c3cccnc3)nn12. The van der Waals surface area contributed by atoms with Gasteiger partial charge in [0.05, 0.1) is 5.52 Å². The summed E-state index contributed by atoms with van der Waals surface area (Å²) in [6, 6.07) is 13.2. The van der Waals surface area contributed by atoms with Crippen LogP contribution in [-0.4, -0.2) is 54.6 Å². The van der Waals surface area contributed by atoms with E-state index in [0.717, 1.165) is 41.2 Å². The maximum Gasteiger partial charge on any atom is 0.226 e. The molecule has 1 N–H and O–H groups in total. The van der Waals surface area contributed by atoms with Crippen LogP contribution in [0, 0.1) is 0 Å². The van der Waals surface area contributed by atoms with Gasteiger partial charge in [-0.25, -0.2) is 9.97 Å². The summed E-state index contributed by atoms with van der Waals surface area (Å²) in [4.78, 5) is 16.5. The molecule has 0 spiro atoms. The fourth-order valence-electron chi connectivity index (χ4n) is 4.50. The highest BCUT2D eigenvalue weighted by molar-refractivity contribution is 5.92. The van der Waals surface area contributed by atoms with Crippen molar-refractivity contribution in [2.45, 2.75) is 45.2 Å². The minimum atomic E-state index is 0.628. The third kappa shape index (κ3) is 3.50. The Labute approximate surface area is 176 Å². The Kier molecular flexibility index (Phi) is 5.04. The van der Waals surface area contributed by atoms with Gasteiger partial charge in [0, 0.05) is 48.5 Å². The Hall–Kier alpha value is -3.06. The van der Waals surface area contributed by atoms with Gasteiger partial charge >= 0.3 is 0 Å². The first-order chi connectivity index (χ1) is 14.7. The van der Waals surface area contributed by atoms with Crippen molar-refractivity contribution in [2.75, 3.05) is 18.4 Å². The molecule has 0 radical (unpaired) electrons. The van der Waals surface area contributed by atoms with Crippen LogP contribution >= 0.6 is 0 Å². The van der Waals surface area contributed by atoms with Crippen LogP contribution in [0.4, 0.5) is 5.95 Å². The lowest BCUT2D eigenvalue weighted by Crippen LogP contribution is -2.45. The summed E-state index contributed by atoms with van der Waals surface area (Å²) >= 11 is 0. The highest BCUT2D eigenvalue weighted by Gasteiger charge is 2.24. The van der Waals surface area contributed by atoms with Crippen LogP contribution in [0.5, 0.6) is 0 Å². The van der Waals surface area contributed by atoms with Gasteiger partial charge in [0.15, 0.2) is 11.5 Å². The van der Waals surface area contributed by atoms with E-state index in [1.165, 1.54) is 19.3 Å². The van der Waals surface area contributed by atoms with E-state index in [0.29, 0.717) is 17.9 Å². The molecular formula is C23H27N7. The second-order valence-electron chi connectivity index (χ2n) is 8.16. The number of nitrogens with one attached hydrogen (secondary N) is 1. The van der Waals surface area contributed by atoms with Gasteiger partial charge in [0.25, 0.3) is 0 Å². The summed E-state index contributed by atoms with van der Waals surface area (Å²) in [5.74, 6) is 1.38. The largest absolute Gasteiger partial charge is 0.353 e. The van der Waals surface area contributed by atoms with E-state index in [-0.39, 0.29) is 0 Å². The zero-order valence-corrected chi connectivity index (χ0v) is 17.5. The van der Waals surface area contributed by atoms with Crippen molar-refractivity contribution in [3.8, 4) is 11.4 Å². The van der Waals surface area contributed by atoms with Gasteiger partial charge in [-0.05, 0) is 51.0 Å². The fraction of sp³-hybridized carbons (Fsp3) is 0.391. The maximum atomic E-state index is 4.85. The predicted octanol–water partition coefficient (Wildman–Crippen LogP) is 4.01. The molecule has 1 aromatic carbocycles. The lowest BCUT2D eigenvalue weighted by molar-refractivity contribution is 0.109. The summed E-state index contributed by atoms with van der Waals surface area (Å²) < 4.78 is 1.83. The molecule has 2 unspecified atom stereocenters. The van der Waals surface area contributed by atoms with Crippen LogP contribution in [0.25, 0.3) is 27.9 Å². The number of nitrogens with zero attached hydrogens (tertiary/aromatic N) is 6. The molecule has 7 nitrogen and oxygen atoms in total. The second-order valence-corrected chi connectivity index (χ2v) is 8.16. The van der Waals surface area contributed by atoms with Crippen LogP contribution in [0.2, 0.25) is 0 Å². The average Bonchev–Trinajstić information content (AvgIpc) is 3.22.